The number of nitrogens with zero attached hydrogens (tertiary/aromatic N) is 1. The minimum absolute atomic E-state index is 0.106. The van der Waals surface area contributed by atoms with E-state index < -0.39 is 18.1 Å². The molecule has 5 nitrogen and oxygen atoms in total. The highest BCUT2D eigenvalue weighted by Crippen LogP contribution is 2.35. The maximum Gasteiger partial charge on any atom is 0.415 e. The first-order valence-corrected chi connectivity index (χ1v) is 7.86. The number of carbonyl (C=O) groups excluding carboxylic acids is 1. The Morgan fingerprint density at radius 2 is 1.96 bits per heavy atom. The van der Waals surface area contributed by atoms with E-state index in [-0.39, 0.29) is 13.0 Å². The van der Waals surface area contributed by atoms with Gasteiger partial charge in [-0.2, -0.15) is 0 Å². The first kappa shape index (κ1) is 15.6. The Hall–Kier alpha value is -2.34. The fraction of sp³-hybridized carbons (Fsp3) is 0.176. The van der Waals surface area contributed by atoms with Crippen molar-refractivity contribution in [1.29, 1.82) is 0 Å². The van der Waals surface area contributed by atoms with Crippen LogP contribution in [0.25, 0.3) is 0 Å². The van der Waals surface area contributed by atoms with E-state index >= 15 is 0 Å². The third-order valence-electron chi connectivity index (χ3n) is 3.71. The smallest absolute Gasteiger partial charge is 0.415 e. The summed E-state index contributed by atoms with van der Waals surface area (Å²) >= 11 is 3.36. The van der Waals surface area contributed by atoms with Crippen LogP contribution < -0.4 is 4.90 Å². The summed E-state index contributed by atoms with van der Waals surface area (Å²) < 4.78 is 6.14. The standard InChI is InChI=1S/C17H14BrNO4/c18-13-6-7-14-12(8-13)9-15(16(20)21)19(14)17(22)23-10-11-4-2-1-3-5-11/h1-8,15H,9-10H2,(H,20,21)/t15-/m0/s1. The van der Waals surface area contributed by atoms with E-state index in [1.807, 2.05) is 36.4 Å². The molecule has 6 heteroatoms. The first-order valence-electron chi connectivity index (χ1n) is 7.07. The lowest BCUT2D eigenvalue weighted by molar-refractivity contribution is -0.138. The summed E-state index contributed by atoms with van der Waals surface area (Å²) in [5, 5.41) is 9.40. The van der Waals surface area contributed by atoms with Crippen molar-refractivity contribution in [3.8, 4) is 0 Å². The maximum absolute atomic E-state index is 12.4. The molecular weight excluding hydrogens is 362 g/mol. The molecule has 1 aliphatic rings. The van der Waals surface area contributed by atoms with Crippen LogP contribution in [0.5, 0.6) is 0 Å². The molecule has 0 unspecified atom stereocenters. The van der Waals surface area contributed by atoms with Crippen molar-refractivity contribution >= 4 is 33.7 Å². The molecule has 0 radical (unpaired) electrons. The summed E-state index contributed by atoms with van der Waals surface area (Å²) in [6.45, 7) is 0.106. The molecule has 2 aromatic rings. The van der Waals surface area contributed by atoms with Crippen LogP contribution in [-0.2, 0) is 22.6 Å². The first-order chi connectivity index (χ1) is 11.1. The summed E-state index contributed by atoms with van der Waals surface area (Å²) in [5.74, 6) is -1.05. The average molecular weight is 376 g/mol. The van der Waals surface area contributed by atoms with Gasteiger partial charge >= 0.3 is 12.1 Å². The molecule has 0 aromatic heterocycles. The van der Waals surface area contributed by atoms with E-state index in [0.717, 1.165) is 15.6 Å². The molecular formula is C17H14BrNO4. The zero-order valence-electron chi connectivity index (χ0n) is 12.1. The number of benzene rings is 2. The van der Waals surface area contributed by atoms with Crippen molar-refractivity contribution in [1.82, 2.24) is 0 Å². The van der Waals surface area contributed by atoms with E-state index in [9.17, 15) is 14.7 Å². The van der Waals surface area contributed by atoms with Gasteiger partial charge in [0, 0.05) is 10.9 Å². The largest absolute Gasteiger partial charge is 0.480 e. The fourth-order valence-electron chi connectivity index (χ4n) is 2.63. The second-order valence-electron chi connectivity index (χ2n) is 5.24. The van der Waals surface area contributed by atoms with Gasteiger partial charge in [0.2, 0.25) is 0 Å². The predicted molar refractivity (Wildman–Crippen MR) is 88.4 cm³/mol. The second kappa shape index (κ2) is 6.42. The normalized spacial score (nSPS) is 16.0. The van der Waals surface area contributed by atoms with Gasteiger partial charge in [-0.25, -0.2) is 9.59 Å². The van der Waals surface area contributed by atoms with Gasteiger partial charge in [-0.05, 0) is 29.3 Å². The predicted octanol–water partition coefficient (Wildman–Crippen LogP) is 3.60. The highest BCUT2D eigenvalue weighted by molar-refractivity contribution is 9.10. The molecule has 0 aliphatic carbocycles. The van der Waals surface area contributed by atoms with Gasteiger partial charge < -0.3 is 9.84 Å². The summed E-state index contributed by atoms with van der Waals surface area (Å²) in [5.41, 5.74) is 2.24. The van der Waals surface area contributed by atoms with Crippen molar-refractivity contribution < 1.29 is 19.4 Å². The SMILES string of the molecule is O=C(O)[C@@H]1Cc2cc(Br)ccc2N1C(=O)OCc1ccccc1. The molecule has 0 saturated heterocycles. The number of anilines is 1. The van der Waals surface area contributed by atoms with Gasteiger partial charge in [0.05, 0.1) is 5.69 Å². The monoisotopic (exact) mass is 375 g/mol. The third-order valence-corrected chi connectivity index (χ3v) is 4.21. The number of hydrogen-bond acceptors (Lipinski definition) is 3. The number of hydrogen-bond donors (Lipinski definition) is 1. The zero-order chi connectivity index (χ0) is 16.4. The zero-order valence-corrected chi connectivity index (χ0v) is 13.7. The van der Waals surface area contributed by atoms with E-state index in [1.165, 1.54) is 4.90 Å². The molecule has 1 N–H and O–H groups in total. The van der Waals surface area contributed by atoms with Gasteiger partial charge in [-0.15, -0.1) is 0 Å². The lowest BCUT2D eigenvalue weighted by atomic mass is 10.1. The van der Waals surface area contributed by atoms with Crippen LogP contribution in [0, 0.1) is 0 Å². The van der Waals surface area contributed by atoms with Crippen molar-refractivity contribution in [2.75, 3.05) is 4.90 Å². The fourth-order valence-corrected chi connectivity index (χ4v) is 3.04. The van der Waals surface area contributed by atoms with Crippen LogP contribution in [0.1, 0.15) is 11.1 Å². The Kier molecular flexibility index (Phi) is 4.34. The van der Waals surface area contributed by atoms with Crippen LogP contribution in [0.4, 0.5) is 10.5 Å². The molecule has 0 bridgehead atoms. The number of aliphatic carboxylic acids is 1. The van der Waals surface area contributed by atoms with Crippen LogP contribution in [-0.4, -0.2) is 23.2 Å². The second-order valence-corrected chi connectivity index (χ2v) is 6.16. The molecule has 0 fully saturated rings. The minimum Gasteiger partial charge on any atom is -0.480 e. The highest BCUT2D eigenvalue weighted by atomic mass is 79.9. The number of fused-ring (bicyclic) bond motifs is 1. The molecule has 1 heterocycles. The van der Waals surface area contributed by atoms with E-state index in [1.54, 1.807) is 12.1 Å². The number of carboxylic acid groups (broad SMARTS) is 1. The highest BCUT2D eigenvalue weighted by Gasteiger charge is 2.39. The van der Waals surface area contributed by atoms with Crippen LogP contribution in [0.2, 0.25) is 0 Å². The van der Waals surface area contributed by atoms with Gasteiger partial charge in [-0.3, -0.25) is 4.90 Å². The van der Waals surface area contributed by atoms with Crippen molar-refractivity contribution in [2.24, 2.45) is 0 Å². The van der Waals surface area contributed by atoms with Gasteiger partial charge in [0.25, 0.3) is 0 Å². The third kappa shape index (κ3) is 3.22. The van der Waals surface area contributed by atoms with Crippen LogP contribution >= 0.6 is 15.9 Å². The Balaban J connectivity index is 1.81. The van der Waals surface area contributed by atoms with Crippen LogP contribution in [0.3, 0.4) is 0 Å². The van der Waals surface area contributed by atoms with Gasteiger partial charge in [0.1, 0.15) is 12.6 Å². The molecule has 0 spiro atoms. The van der Waals surface area contributed by atoms with Crippen molar-refractivity contribution in [3.05, 3.63) is 64.1 Å². The van der Waals surface area contributed by atoms with Crippen LogP contribution in [0.15, 0.2) is 53.0 Å². The number of ether oxygens (including phenoxy) is 1. The summed E-state index contributed by atoms with van der Waals surface area (Å²) in [6, 6.07) is 13.7. The molecule has 2 aromatic carbocycles. The molecule has 3 rings (SSSR count). The summed E-state index contributed by atoms with van der Waals surface area (Å²) in [7, 11) is 0. The Morgan fingerprint density at radius 3 is 2.65 bits per heavy atom. The Morgan fingerprint density at radius 1 is 1.22 bits per heavy atom. The number of carbonyl (C=O) groups is 2. The molecule has 1 amide bonds. The molecule has 118 valence electrons. The lowest BCUT2D eigenvalue weighted by Gasteiger charge is -2.22. The van der Waals surface area contributed by atoms with E-state index in [2.05, 4.69) is 15.9 Å². The summed E-state index contributed by atoms with van der Waals surface area (Å²) in [4.78, 5) is 25.1. The average Bonchev–Trinajstić information content (AvgIpc) is 2.92. The number of rotatable bonds is 3. The Labute approximate surface area is 141 Å². The molecule has 23 heavy (non-hydrogen) atoms. The molecule has 1 atom stereocenters. The number of carboxylic acids is 1. The van der Waals surface area contributed by atoms with E-state index in [0.29, 0.717) is 5.69 Å². The van der Waals surface area contributed by atoms with Crippen molar-refractivity contribution in [3.63, 3.8) is 0 Å². The quantitative estimate of drug-likeness (QED) is 0.889. The van der Waals surface area contributed by atoms with Gasteiger partial charge in [0.15, 0.2) is 0 Å². The van der Waals surface area contributed by atoms with Gasteiger partial charge in [-0.1, -0.05) is 46.3 Å². The number of amides is 1. The Bertz CT molecular complexity index is 748. The topological polar surface area (TPSA) is 66.8 Å². The molecule has 0 saturated carbocycles. The van der Waals surface area contributed by atoms with E-state index in [4.69, 9.17) is 4.74 Å². The lowest BCUT2D eigenvalue weighted by Crippen LogP contribution is -2.43. The number of halogens is 1. The minimum atomic E-state index is -1.05. The molecule has 1 aliphatic heterocycles. The maximum atomic E-state index is 12.4. The summed E-state index contributed by atoms with van der Waals surface area (Å²) in [6.07, 6.45) is -0.382. The van der Waals surface area contributed by atoms with Crippen molar-refractivity contribution in [2.45, 2.75) is 19.1 Å².